The van der Waals surface area contributed by atoms with Gasteiger partial charge in [-0.2, -0.15) is 5.10 Å². The number of rotatable bonds is 4. The SMILES string of the molecule is Cc1ccc(OC2CCN(C(=O)/C=C/c3ccco3)CC2)nn1. The molecule has 0 saturated carbocycles. The summed E-state index contributed by atoms with van der Waals surface area (Å²) in [5.74, 6) is 1.21. The van der Waals surface area contributed by atoms with Gasteiger partial charge in [0.15, 0.2) is 0 Å². The van der Waals surface area contributed by atoms with Gasteiger partial charge in [0.1, 0.15) is 11.9 Å². The van der Waals surface area contributed by atoms with E-state index in [0.717, 1.165) is 18.5 Å². The molecule has 3 rings (SSSR count). The first-order valence-corrected chi connectivity index (χ1v) is 7.68. The van der Waals surface area contributed by atoms with E-state index in [1.54, 1.807) is 24.5 Å². The second-order valence-corrected chi connectivity index (χ2v) is 5.50. The van der Waals surface area contributed by atoms with Crippen LogP contribution < -0.4 is 4.74 Å². The van der Waals surface area contributed by atoms with Crippen LogP contribution in [0.2, 0.25) is 0 Å². The first kappa shape index (κ1) is 15.3. The highest BCUT2D eigenvalue weighted by Gasteiger charge is 2.23. The van der Waals surface area contributed by atoms with E-state index in [1.807, 2.05) is 30.0 Å². The summed E-state index contributed by atoms with van der Waals surface area (Å²) in [7, 11) is 0. The number of aryl methyl sites for hydroxylation is 1. The highest BCUT2D eigenvalue weighted by molar-refractivity contribution is 5.91. The van der Waals surface area contributed by atoms with E-state index in [4.69, 9.17) is 9.15 Å². The van der Waals surface area contributed by atoms with Gasteiger partial charge >= 0.3 is 0 Å². The molecule has 2 aromatic rings. The molecule has 120 valence electrons. The van der Waals surface area contributed by atoms with Crippen molar-refractivity contribution in [3.05, 3.63) is 48.1 Å². The fourth-order valence-electron chi connectivity index (χ4n) is 2.46. The summed E-state index contributed by atoms with van der Waals surface area (Å²) in [6, 6.07) is 7.31. The number of hydrogen-bond donors (Lipinski definition) is 0. The molecule has 0 radical (unpaired) electrons. The third-order valence-corrected chi connectivity index (χ3v) is 3.75. The Kier molecular flexibility index (Phi) is 4.71. The second-order valence-electron chi connectivity index (χ2n) is 5.50. The first-order valence-electron chi connectivity index (χ1n) is 7.68. The molecule has 1 fully saturated rings. The van der Waals surface area contributed by atoms with Crippen LogP contribution in [0.25, 0.3) is 6.08 Å². The van der Waals surface area contributed by atoms with Crippen molar-refractivity contribution < 1.29 is 13.9 Å². The lowest BCUT2D eigenvalue weighted by Crippen LogP contribution is -2.41. The van der Waals surface area contributed by atoms with E-state index in [-0.39, 0.29) is 12.0 Å². The number of likely N-dealkylation sites (tertiary alicyclic amines) is 1. The molecule has 1 aliphatic heterocycles. The van der Waals surface area contributed by atoms with Gasteiger partial charge in [-0.3, -0.25) is 4.79 Å². The molecule has 1 saturated heterocycles. The van der Waals surface area contributed by atoms with Crippen molar-refractivity contribution in [1.29, 1.82) is 0 Å². The Morgan fingerprint density at radius 1 is 1.30 bits per heavy atom. The molecule has 0 unspecified atom stereocenters. The van der Waals surface area contributed by atoms with Gasteiger partial charge in [-0.1, -0.05) is 0 Å². The van der Waals surface area contributed by atoms with Crippen LogP contribution in [0.3, 0.4) is 0 Å². The zero-order valence-electron chi connectivity index (χ0n) is 13.0. The summed E-state index contributed by atoms with van der Waals surface area (Å²) in [6.45, 7) is 3.23. The molecule has 6 heteroatoms. The van der Waals surface area contributed by atoms with Gasteiger partial charge in [0.25, 0.3) is 0 Å². The van der Waals surface area contributed by atoms with E-state index in [2.05, 4.69) is 10.2 Å². The van der Waals surface area contributed by atoms with E-state index < -0.39 is 0 Å². The molecule has 0 N–H and O–H groups in total. The maximum atomic E-state index is 12.1. The summed E-state index contributed by atoms with van der Waals surface area (Å²) in [5.41, 5.74) is 0.862. The third kappa shape index (κ3) is 4.18. The average molecular weight is 313 g/mol. The number of carbonyl (C=O) groups excluding carboxylic acids is 1. The van der Waals surface area contributed by atoms with E-state index in [9.17, 15) is 4.79 Å². The van der Waals surface area contributed by atoms with Crippen LogP contribution >= 0.6 is 0 Å². The molecule has 2 aromatic heterocycles. The molecule has 1 amide bonds. The van der Waals surface area contributed by atoms with Gasteiger partial charge in [-0.25, -0.2) is 0 Å². The highest BCUT2D eigenvalue weighted by atomic mass is 16.5. The molecule has 0 aliphatic carbocycles. The number of amides is 1. The normalized spacial score (nSPS) is 16.0. The smallest absolute Gasteiger partial charge is 0.246 e. The molecule has 0 aromatic carbocycles. The van der Waals surface area contributed by atoms with E-state index >= 15 is 0 Å². The van der Waals surface area contributed by atoms with Crippen LogP contribution in [0.15, 0.2) is 41.0 Å². The maximum absolute atomic E-state index is 12.1. The molecular formula is C17H19N3O3. The van der Waals surface area contributed by atoms with Gasteiger partial charge in [0.05, 0.1) is 12.0 Å². The lowest BCUT2D eigenvalue weighted by molar-refractivity contribution is -0.127. The monoisotopic (exact) mass is 313 g/mol. The van der Waals surface area contributed by atoms with E-state index in [0.29, 0.717) is 24.7 Å². The lowest BCUT2D eigenvalue weighted by Gasteiger charge is -2.31. The molecule has 23 heavy (non-hydrogen) atoms. The quantitative estimate of drug-likeness (QED) is 0.811. The molecule has 1 aliphatic rings. The Morgan fingerprint density at radius 3 is 2.78 bits per heavy atom. The van der Waals surface area contributed by atoms with Crippen molar-refractivity contribution >= 4 is 12.0 Å². The fourth-order valence-corrected chi connectivity index (χ4v) is 2.46. The third-order valence-electron chi connectivity index (χ3n) is 3.75. The number of aromatic nitrogens is 2. The Labute approximate surface area is 134 Å². The van der Waals surface area contributed by atoms with Crippen molar-refractivity contribution in [3.8, 4) is 5.88 Å². The van der Waals surface area contributed by atoms with Gasteiger partial charge in [-0.15, -0.1) is 5.10 Å². The van der Waals surface area contributed by atoms with Gasteiger partial charge < -0.3 is 14.1 Å². The second kappa shape index (κ2) is 7.09. The average Bonchev–Trinajstić information content (AvgIpc) is 3.09. The number of piperidine rings is 1. The van der Waals surface area contributed by atoms with Crippen molar-refractivity contribution in [2.45, 2.75) is 25.9 Å². The van der Waals surface area contributed by atoms with Crippen molar-refractivity contribution in [3.63, 3.8) is 0 Å². The van der Waals surface area contributed by atoms with Gasteiger partial charge in [0, 0.05) is 38.1 Å². The standard InChI is InChI=1S/C17H19N3O3/c1-13-4-6-16(19-18-13)23-15-8-10-20(11-9-15)17(21)7-5-14-3-2-12-22-14/h2-7,12,15H,8-11H2,1H3/b7-5+. The summed E-state index contributed by atoms with van der Waals surface area (Å²) < 4.78 is 11.0. The maximum Gasteiger partial charge on any atom is 0.246 e. The Hall–Kier alpha value is -2.63. The van der Waals surface area contributed by atoms with Crippen molar-refractivity contribution in [2.75, 3.05) is 13.1 Å². The van der Waals surface area contributed by atoms with Crippen LogP contribution in [0.1, 0.15) is 24.3 Å². The largest absolute Gasteiger partial charge is 0.473 e. The minimum absolute atomic E-state index is 0.00465. The van der Waals surface area contributed by atoms with Crippen LogP contribution in [0.4, 0.5) is 0 Å². The predicted octanol–water partition coefficient (Wildman–Crippen LogP) is 2.46. The van der Waals surface area contributed by atoms with Crippen LogP contribution in [0, 0.1) is 6.92 Å². The fraction of sp³-hybridized carbons (Fsp3) is 0.353. The Balaban J connectivity index is 1.48. The summed E-state index contributed by atoms with van der Waals surface area (Å²) in [5, 5.41) is 7.99. The molecule has 0 atom stereocenters. The Bertz CT molecular complexity index is 657. The molecule has 3 heterocycles. The predicted molar refractivity (Wildman–Crippen MR) is 84.7 cm³/mol. The number of carbonyl (C=O) groups is 1. The molecule has 0 bridgehead atoms. The molecule has 0 spiro atoms. The Morgan fingerprint density at radius 2 is 2.13 bits per heavy atom. The van der Waals surface area contributed by atoms with Crippen LogP contribution in [0.5, 0.6) is 5.88 Å². The number of ether oxygens (including phenoxy) is 1. The zero-order chi connectivity index (χ0) is 16.1. The topological polar surface area (TPSA) is 68.5 Å². The minimum Gasteiger partial charge on any atom is -0.473 e. The van der Waals surface area contributed by atoms with Crippen LogP contribution in [-0.4, -0.2) is 40.2 Å². The molecule has 6 nitrogen and oxygen atoms in total. The lowest BCUT2D eigenvalue weighted by atomic mass is 10.1. The summed E-state index contributed by atoms with van der Waals surface area (Å²) >= 11 is 0. The highest BCUT2D eigenvalue weighted by Crippen LogP contribution is 2.17. The van der Waals surface area contributed by atoms with E-state index in [1.165, 1.54) is 0 Å². The number of furan rings is 1. The van der Waals surface area contributed by atoms with Gasteiger partial charge in [0.2, 0.25) is 11.8 Å². The van der Waals surface area contributed by atoms with Crippen molar-refractivity contribution in [1.82, 2.24) is 15.1 Å². The number of nitrogens with zero attached hydrogens (tertiary/aromatic N) is 3. The molecular weight excluding hydrogens is 294 g/mol. The summed E-state index contributed by atoms with van der Waals surface area (Å²) in [4.78, 5) is 13.9. The summed E-state index contributed by atoms with van der Waals surface area (Å²) in [6.07, 6.45) is 6.47. The first-order chi connectivity index (χ1) is 11.2. The van der Waals surface area contributed by atoms with Crippen molar-refractivity contribution in [2.24, 2.45) is 0 Å². The van der Waals surface area contributed by atoms with Gasteiger partial charge in [-0.05, 0) is 31.2 Å². The minimum atomic E-state index is -0.00465. The van der Waals surface area contributed by atoms with Crippen LogP contribution in [-0.2, 0) is 4.79 Å². The zero-order valence-corrected chi connectivity index (χ0v) is 13.0. The number of hydrogen-bond acceptors (Lipinski definition) is 5.